The molecule has 0 radical (unpaired) electrons. The predicted molar refractivity (Wildman–Crippen MR) is 62.1 cm³/mol. The first-order chi connectivity index (χ1) is 8.15. The molecule has 17 heavy (non-hydrogen) atoms. The van der Waals surface area contributed by atoms with Crippen LogP contribution in [-0.2, 0) is 19.4 Å². The van der Waals surface area contributed by atoms with E-state index < -0.39 is 4.92 Å². The molecule has 84 valence electrons. The van der Waals surface area contributed by atoms with E-state index in [2.05, 4.69) is 23.4 Å². The van der Waals surface area contributed by atoms with Gasteiger partial charge >= 0.3 is 110 Å². The second-order valence-electron chi connectivity index (χ2n) is 2.86. The Kier molecular flexibility index (Phi) is 5.19. The minimum atomic E-state index is -0.487. The van der Waals surface area contributed by atoms with E-state index in [1.165, 1.54) is 37.8 Å². The Morgan fingerprint density at radius 2 is 2.41 bits per heavy atom. The monoisotopic (exact) mass is 396 g/mol. The summed E-state index contributed by atoms with van der Waals surface area (Å²) in [5.41, 5.74) is 0.297. The van der Waals surface area contributed by atoms with Crippen LogP contribution in [0.15, 0.2) is 43.3 Å². The van der Waals surface area contributed by atoms with Gasteiger partial charge in [0, 0.05) is 0 Å². The van der Waals surface area contributed by atoms with Gasteiger partial charge in [0.1, 0.15) is 0 Å². The molecule has 0 amide bonds. The standard InChI is InChI=1S/C12H8N2O2.W/c1-2-3-4-5-6-7-11-8-9-13-10-12(11)14(15)16;/h2-4,8-10H,1H2;. The molecule has 5 heteroatoms. The fraction of sp³-hybridized carbons (Fsp3) is 0. The summed E-state index contributed by atoms with van der Waals surface area (Å²) in [6, 6.07) is 1.53. The molecule has 0 saturated carbocycles. The van der Waals surface area contributed by atoms with E-state index in [1.807, 2.05) is 6.08 Å². The van der Waals surface area contributed by atoms with E-state index in [1.54, 1.807) is 12.2 Å². The topological polar surface area (TPSA) is 56.0 Å². The first-order valence-electron chi connectivity index (χ1n) is 4.58. The quantitative estimate of drug-likeness (QED) is 0.339. The van der Waals surface area contributed by atoms with Crippen molar-refractivity contribution in [2.24, 2.45) is 0 Å². The Hall–Kier alpha value is -1.85. The summed E-state index contributed by atoms with van der Waals surface area (Å²) in [5, 5.41) is 10.7. The van der Waals surface area contributed by atoms with Crippen molar-refractivity contribution in [3.05, 3.63) is 58.9 Å². The van der Waals surface area contributed by atoms with E-state index in [0.717, 1.165) is 3.90 Å². The van der Waals surface area contributed by atoms with Crippen molar-refractivity contribution in [1.82, 2.24) is 4.98 Å². The third-order valence-corrected chi connectivity index (χ3v) is 2.56. The van der Waals surface area contributed by atoms with E-state index in [9.17, 15) is 10.1 Å². The molecule has 0 unspecified atom stereocenters. The van der Waals surface area contributed by atoms with Gasteiger partial charge < -0.3 is 0 Å². The molecule has 0 aliphatic rings. The van der Waals surface area contributed by atoms with Gasteiger partial charge in [-0.3, -0.25) is 0 Å². The molecule has 0 aliphatic carbocycles. The Morgan fingerprint density at radius 1 is 1.65 bits per heavy atom. The van der Waals surface area contributed by atoms with Crippen LogP contribution in [0.4, 0.5) is 5.69 Å². The molecule has 0 N–H and O–H groups in total. The second-order valence-corrected chi connectivity index (χ2v) is 4.44. The average Bonchev–Trinajstić information content (AvgIpc) is 2.34. The molecule has 0 aromatic carbocycles. The zero-order chi connectivity index (χ0) is 12.7. The number of rotatable bonds is 3. The van der Waals surface area contributed by atoms with Gasteiger partial charge in [0.15, 0.2) is 0 Å². The molecular weight excluding hydrogens is 388 g/mol. The fourth-order valence-corrected chi connectivity index (χ4v) is 1.43. The van der Waals surface area contributed by atoms with Crippen LogP contribution in [0.25, 0.3) is 0 Å². The molecule has 0 spiro atoms. The average molecular weight is 396 g/mol. The molecule has 1 rings (SSSR count). The van der Waals surface area contributed by atoms with Gasteiger partial charge in [0.05, 0.1) is 0 Å². The predicted octanol–water partition coefficient (Wildman–Crippen LogP) is 1.80. The number of aromatic nitrogens is 1. The van der Waals surface area contributed by atoms with Crippen LogP contribution in [0.1, 0.15) is 5.56 Å². The van der Waals surface area contributed by atoms with Crippen LogP contribution in [-0.4, -0.2) is 13.8 Å². The van der Waals surface area contributed by atoms with Gasteiger partial charge in [-0.1, -0.05) is 0 Å². The normalized spacial score (nSPS) is 9.41. The van der Waals surface area contributed by atoms with Gasteiger partial charge in [0.25, 0.3) is 0 Å². The number of hydrogen-bond acceptors (Lipinski definition) is 3. The molecule has 4 nitrogen and oxygen atoms in total. The zero-order valence-corrected chi connectivity index (χ0v) is 11.7. The van der Waals surface area contributed by atoms with Gasteiger partial charge in [-0.15, -0.1) is 0 Å². The number of pyridine rings is 1. The summed E-state index contributed by atoms with van der Waals surface area (Å²) in [5.74, 6) is 5.64. The first-order valence-corrected chi connectivity index (χ1v) is 6.05. The molecule has 1 aromatic rings. The molecule has 1 aromatic heterocycles. The Morgan fingerprint density at radius 3 is 3.06 bits per heavy atom. The van der Waals surface area contributed by atoms with Crippen LogP contribution in [0, 0.1) is 22.0 Å². The summed E-state index contributed by atoms with van der Waals surface area (Å²) >= 11 is 1.20. The second kappa shape index (κ2) is 6.67. The van der Waals surface area contributed by atoms with Crippen LogP contribution in [0.2, 0.25) is 0 Å². The minimum absolute atomic E-state index is 0.0736. The summed E-state index contributed by atoms with van der Waals surface area (Å²) in [6.07, 6.45) is 7.93. The molecule has 1 heterocycles. The number of nitrogens with zero attached hydrogens (tertiary/aromatic N) is 2. The summed E-state index contributed by atoms with van der Waals surface area (Å²) in [6.45, 7) is 3.55. The van der Waals surface area contributed by atoms with Crippen molar-refractivity contribution >= 4 is 9.59 Å². The van der Waals surface area contributed by atoms with Gasteiger partial charge in [-0.2, -0.15) is 0 Å². The van der Waals surface area contributed by atoms with Gasteiger partial charge in [0.2, 0.25) is 0 Å². The number of allylic oxidation sites excluding steroid dienone is 3. The fourth-order valence-electron chi connectivity index (χ4n) is 0.963. The zero-order valence-electron chi connectivity index (χ0n) is 8.79. The van der Waals surface area contributed by atoms with Crippen LogP contribution in [0.5, 0.6) is 0 Å². The first kappa shape index (κ1) is 13.2. The van der Waals surface area contributed by atoms with Crippen molar-refractivity contribution in [2.75, 3.05) is 0 Å². The Bertz CT molecular complexity index is 553. The van der Waals surface area contributed by atoms with Crippen molar-refractivity contribution in [3.63, 3.8) is 0 Å². The van der Waals surface area contributed by atoms with Gasteiger partial charge in [-0.25, -0.2) is 0 Å². The molecule has 0 fully saturated rings. The molecule has 0 aliphatic heterocycles. The van der Waals surface area contributed by atoms with Crippen LogP contribution in [0.3, 0.4) is 0 Å². The third-order valence-electron chi connectivity index (χ3n) is 1.70. The van der Waals surface area contributed by atoms with E-state index >= 15 is 0 Å². The van der Waals surface area contributed by atoms with E-state index in [0.29, 0.717) is 5.56 Å². The summed E-state index contributed by atoms with van der Waals surface area (Å²) in [7, 11) is 0. The molecule has 0 saturated heterocycles. The van der Waals surface area contributed by atoms with E-state index in [-0.39, 0.29) is 5.69 Å². The van der Waals surface area contributed by atoms with Crippen LogP contribution >= 0.6 is 0 Å². The maximum atomic E-state index is 10.7. The van der Waals surface area contributed by atoms with Crippen molar-refractivity contribution < 1.29 is 24.3 Å². The van der Waals surface area contributed by atoms with Gasteiger partial charge in [-0.05, 0) is 0 Å². The number of hydrogen-bond donors (Lipinski definition) is 0. The summed E-state index contributed by atoms with van der Waals surface area (Å²) < 4.78 is 0.885. The van der Waals surface area contributed by atoms with Crippen molar-refractivity contribution in [2.45, 2.75) is 0 Å². The number of nitro groups is 1. The molecule has 0 atom stereocenters. The van der Waals surface area contributed by atoms with Crippen molar-refractivity contribution in [3.8, 4) is 11.8 Å². The maximum absolute atomic E-state index is 10.7. The Balaban J connectivity index is 3.00. The van der Waals surface area contributed by atoms with Crippen molar-refractivity contribution in [1.29, 1.82) is 0 Å². The Labute approximate surface area is 110 Å². The molecule has 0 bridgehead atoms. The third kappa shape index (κ3) is 4.26. The summed E-state index contributed by atoms with van der Waals surface area (Å²) in [4.78, 5) is 13.9. The van der Waals surface area contributed by atoms with E-state index in [4.69, 9.17) is 0 Å². The van der Waals surface area contributed by atoms with Crippen LogP contribution < -0.4 is 0 Å². The molecular formula is C12H8N2O2W. The SMILES string of the molecule is C=CC=C[C](=[W])C#Cc1ccncc1[N+](=O)[O-].